The second-order valence-electron chi connectivity index (χ2n) is 16.3. The highest BCUT2D eigenvalue weighted by atomic mass is 28.4. The van der Waals surface area contributed by atoms with Crippen molar-refractivity contribution in [1.82, 2.24) is 10.2 Å². The normalized spacial score (nSPS) is 25.7. The number of hydrogen-bond donors (Lipinski definition) is 3. The first-order chi connectivity index (χ1) is 27.3. The predicted octanol–water partition coefficient (Wildman–Crippen LogP) is 4.88. The summed E-state index contributed by atoms with van der Waals surface area (Å²) in [7, 11) is -2.27. The van der Waals surface area contributed by atoms with Crippen LogP contribution in [-0.2, 0) is 40.7 Å². The molecule has 0 radical (unpaired) electrons. The number of benzene rings is 2. The average molecular weight is 811 g/mol. The molecule has 0 saturated carbocycles. The number of fused-ring (bicyclic) bond motifs is 3. The molecular weight excluding hydrogens is 752 g/mol. The number of ether oxygens (including phenoxy) is 3. The molecule has 312 valence electrons. The van der Waals surface area contributed by atoms with E-state index in [-0.39, 0.29) is 62.3 Å². The number of nitrogens with zero attached hydrogens (tertiary/aromatic N) is 3. The number of methoxy groups -OCH3 is 1. The number of unbranched alkanes of at least 4 members (excludes halogenated alkanes) is 2. The van der Waals surface area contributed by atoms with E-state index >= 15 is 8.90 Å². The van der Waals surface area contributed by atoms with Gasteiger partial charge in [0.1, 0.15) is 5.75 Å². The Bertz CT molecular complexity index is 1810. The van der Waals surface area contributed by atoms with Gasteiger partial charge >= 0.3 is 5.97 Å². The number of anilines is 3. The number of rotatable bonds is 17. The van der Waals surface area contributed by atoms with Crippen LogP contribution < -0.4 is 19.9 Å². The molecule has 13 nitrogen and oxygen atoms in total. The van der Waals surface area contributed by atoms with Gasteiger partial charge < -0.3 is 43.6 Å². The van der Waals surface area contributed by atoms with Crippen LogP contribution in [0.25, 0.3) is 0 Å². The van der Waals surface area contributed by atoms with Crippen molar-refractivity contribution in [1.29, 1.82) is 0 Å². The van der Waals surface area contributed by atoms with E-state index in [1.54, 1.807) is 27.8 Å². The third kappa shape index (κ3) is 8.36. The number of carbonyl (C=O) groups is 4. The van der Waals surface area contributed by atoms with Gasteiger partial charge in [-0.25, -0.2) is 0 Å². The zero-order valence-corrected chi connectivity index (χ0v) is 34.9. The van der Waals surface area contributed by atoms with Gasteiger partial charge in [0, 0.05) is 48.8 Å². The van der Waals surface area contributed by atoms with Crippen LogP contribution in [0.4, 0.5) is 21.2 Å². The van der Waals surface area contributed by atoms with E-state index in [4.69, 9.17) is 14.2 Å². The van der Waals surface area contributed by atoms with Gasteiger partial charge in [0.25, 0.3) is 5.91 Å². The predicted molar refractivity (Wildman–Crippen MR) is 216 cm³/mol. The fraction of sp³-hybridized carbons (Fsp3) is 0.619. The minimum Gasteiger partial charge on any atom is -0.494 e. The Hall–Kier alpha value is -3.89. The SMILES string of the molecule is CCOc1ccc2c(c1)CC(NCCCCO)C(=O)N2c1ccc2c(c1)[C@@]1(O[C@H](CC(=O)N3CCC[C@H]3CO)[C@@H]([Si](C)(C)F)[C@@H]1C)C(=O)N2CCCCC(=O)OC. The van der Waals surface area contributed by atoms with Gasteiger partial charge in [-0.15, -0.1) is 0 Å². The Kier molecular flexibility index (Phi) is 13.4. The summed E-state index contributed by atoms with van der Waals surface area (Å²) in [6, 6.07) is 10.2. The largest absolute Gasteiger partial charge is 0.494 e. The van der Waals surface area contributed by atoms with Crippen LogP contribution >= 0.6 is 0 Å². The lowest BCUT2D eigenvalue weighted by Gasteiger charge is -2.36. The second kappa shape index (κ2) is 17.9. The fourth-order valence-electron chi connectivity index (χ4n) is 9.60. The van der Waals surface area contributed by atoms with Crippen molar-refractivity contribution in [2.75, 3.05) is 56.4 Å². The monoisotopic (exact) mass is 810 g/mol. The zero-order valence-electron chi connectivity index (χ0n) is 33.9. The first kappa shape index (κ1) is 42.7. The Labute approximate surface area is 336 Å². The van der Waals surface area contributed by atoms with Crippen LogP contribution in [0.5, 0.6) is 5.75 Å². The zero-order chi connectivity index (χ0) is 41.1. The average Bonchev–Trinajstić information content (AvgIpc) is 3.85. The lowest BCUT2D eigenvalue weighted by atomic mass is 9.82. The molecule has 0 bridgehead atoms. The fourth-order valence-corrected chi connectivity index (χ4v) is 12.1. The third-order valence-electron chi connectivity index (χ3n) is 12.2. The summed E-state index contributed by atoms with van der Waals surface area (Å²) in [6.45, 7) is 8.61. The number of aliphatic hydroxyl groups excluding tert-OH is 2. The van der Waals surface area contributed by atoms with Gasteiger partial charge in [-0.05, 0) is 113 Å². The lowest BCUT2D eigenvalue weighted by molar-refractivity contribution is -0.150. The molecule has 4 aliphatic rings. The number of aliphatic hydroxyl groups is 2. The number of amides is 3. The number of hydrogen-bond acceptors (Lipinski definition) is 10. The topological polar surface area (TPSA) is 158 Å². The highest BCUT2D eigenvalue weighted by Gasteiger charge is 2.67. The molecule has 3 N–H and O–H groups in total. The van der Waals surface area contributed by atoms with E-state index in [1.165, 1.54) is 7.11 Å². The maximum absolute atomic E-state index is 16.7. The molecule has 4 aliphatic heterocycles. The molecule has 4 heterocycles. The van der Waals surface area contributed by atoms with E-state index in [0.29, 0.717) is 86.6 Å². The Morgan fingerprint density at radius 3 is 2.54 bits per heavy atom. The van der Waals surface area contributed by atoms with Crippen molar-refractivity contribution < 1.29 is 47.7 Å². The van der Waals surface area contributed by atoms with Crippen LogP contribution in [0.2, 0.25) is 18.6 Å². The highest BCUT2D eigenvalue weighted by molar-refractivity contribution is 6.72. The van der Waals surface area contributed by atoms with Gasteiger partial charge in [0.05, 0.1) is 56.3 Å². The highest BCUT2D eigenvalue weighted by Crippen LogP contribution is 2.61. The van der Waals surface area contributed by atoms with Crippen LogP contribution in [0.15, 0.2) is 36.4 Å². The molecule has 2 aromatic carbocycles. The maximum atomic E-state index is 16.7. The molecule has 15 heteroatoms. The number of nitrogens with one attached hydrogen (secondary N) is 1. The van der Waals surface area contributed by atoms with Gasteiger partial charge in [0.15, 0.2) is 5.60 Å². The summed E-state index contributed by atoms with van der Waals surface area (Å²) in [5.74, 6) is -1.11. The first-order valence-electron chi connectivity index (χ1n) is 20.5. The number of halogens is 1. The molecule has 57 heavy (non-hydrogen) atoms. The Morgan fingerprint density at radius 1 is 1.07 bits per heavy atom. The summed E-state index contributed by atoms with van der Waals surface area (Å²) < 4.78 is 34.2. The lowest BCUT2D eigenvalue weighted by Crippen LogP contribution is -2.49. The quantitative estimate of drug-likeness (QED) is 0.0872. The van der Waals surface area contributed by atoms with E-state index < -0.39 is 37.6 Å². The van der Waals surface area contributed by atoms with Crippen molar-refractivity contribution >= 4 is 49.2 Å². The minimum absolute atomic E-state index is 0.0603. The first-order valence-corrected chi connectivity index (χ1v) is 23.5. The van der Waals surface area contributed by atoms with Crippen LogP contribution in [-0.4, -0.2) is 112 Å². The van der Waals surface area contributed by atoms with Crippen LogP contribution in [0, 0.1) is 5.92 Å². The van der Waals surface area contributed by atoms with Crippen molar-refractivity contribution in [3.63, 3.8) is 0 Å². The van der Waals surface area contributed by atoms with Gasteiger partial charge in [-0.1, -0.05) is 6.92 Å². The molecule has 1 unspecified atom stereocenters. The molecule has 0 aromatic heterocycles. The molecule has 1 spiro atoms. The van der Waals surface area contributed by atoms with Gasteiger partial charge in [-0.3, -0.25) is 24.1 Å². The second-order valence-corrected chi connectivity index (χ2v) is 20.1. The van der Waals surface area contributed by atoms with Crippen molar-refractivity contribution in [2.45, 2.75) is 114 Å². The maximum Gasteiger partial charge on any atom is 0.305 e. The third-order valence-corrected chi connectivity index (χ3v) is 14.7. The van der Waals surface area contributed by atoms with Gasteiger partial charge in [-0.2, -0.15) is 0 Å². The minimum atomic E-state index is -3.61. The van der Waals surface area contributed by atoms with E-state index in [0.717, 1.165) is 12.0 Å². The summed E-state index contributed by atoms with van der Waals surface area (Å²) in [6.07, 6.45) is 3.31. The molecular formula is C42H59FN4O9Si. The molecule has 6 atom stereocenters. The van der Waals surface area contributed by atoms with Crippen LogP contribution in [0.1, 0.15) is 76.3 Å². The number of likely N-dealkylation sites (tertiary alicyclic amines) is 1. The smallest absolute Gasteiger partial charge is 0.305 e. The van der Waals surface area contributed by atoms with E-state index in [9.17, 15) is 24.6 Å². The van der Waals surface area contributed by atoms with Crippen LogP contribution in [0.3, 0.4) is 0 Å². The summed E-state index contributed by atoms with van der Waals surface area (Å²) in [4.78, 5) is 60.3. The standard InChI is InChI=1S/C42H59FN4O9Si/c1-6-55-31-15-17-34-28(22-31)23-33(44-18-8-10-21-48)40(52)47(34)29-14-16-35-32(24-29)42(41(53)46(35)19-9-7-13-38(51)54-3)27(2)39(57(4,5)43)36(56-42)25-37(50)45-20-11-12-30(45)26-49/h14-17,22,24,27,30,33,36,39,44,48-49H,6-13,18-21,23,25-26H2,1-5H3/t27-,30-,33?,36+,39-,42+/m0/s1. The van der Waals surface area contributed by atoms with Crippen molar-refractivity contribution in [3.8, 4) is 5.75 Å². The summed E-state index contributed by atoms with van der Waals surface area (Å²) >= 11 is 0. The van der Waals surface area contributed by atoms with Crippen molar-refractivity contribution in [3.05, 3.63) is 47.5 Å². The summed E-state index contributed by atoms with van der Waals surface area (Å²) in [5, 5.41) is 22.7. The molecule has 3 amide bonds. The van der Waals surface area contributed by atoms with Gasteiger partial charge in [0.2, 0.25) is 20.2 Å². The molecule has 2 aromatic rings. The van der Waals surface area contributed by atoms with E-state index in [1.807, 2.05) is 50.2 Å². The summed E-state index contributed by atoms with van der Waals surface area (Å²) in [5.41, 5.74) is 0.803. The Balaban J connectivity index is 1.43. The number of esters is 1. The molecule has 0 aliphatic carbocycles. The molecule has 2 fully saturated rings. The van der Waals surface area contributed by atoms with Crippen molar-refractivity contribution in [2.24, 2.45) is 5.92 Å². The Morgan fingerprint density at radius 2 is 1.84 bits per heavy atom. The number of carbonyl (C=O) groups excluding carboxylic acids is 4. The molecule has 2 saturated heterocycles. The molecule has 6 rings (SSSR count). The van der Waals surface area contributed by atoms with E-state index in [2.05, 4.69) is 5.32 Å².